The fourth-order valence-electron chi connectivity index (χ4n) is 6.08. The third-order valence-electron chi connectivity index (χ3n) is 8.93. The molecule has 0 heterocycles. The van der Waals surface area contributed by atoms with E-state index < -0.39 is 0 Å². The minimum Gasteiger partial charge on any atom is -0.198 e. The van der Waals surface area contributed by atoms with Crippen molar-refractivity contribution < 1.29 is 0 Å². The molecule has 0 aromatic heterocycles. The van der Waals surface area contributed by atoms with Crippen molar-refractivity contribution in [2.75, 3.05) is 0 Å². The number of nitriles is 1. The first-order valence-corrected chi connectivity index (χ1v) is 18.1. The van der Waals surface area contributed by atoms with Crippen LogP contribution in [0, 0.1) is 23.2 Å². The van der Waals surface area contributed by atoms with Crippen LogP contribution in [0.25, 0.3) is 0 Å². The van der Waals surface area contributed by atoms with E-state index in [1.807, 2.05) is 0 Å². The van der Waals surface area contributed by atoms with E-state index in [1.54, 1.807) is 0 Å². The first-order chi connectivity index (χ1) is 18.7. The highest BCUT2D eigenvalue weighted by Gasteiger charge is 2.06. The van der Waals surface area contributed by atoms with Crippen LogP contribution < -0.4 is 0 Å². The van der Waals surface area contributed by atoms with Crippen molar-refractivity contribution in [1.29, 1.82) is 5.26 Å². The zero-order valence-electron chi connectivity index (χ0n) is 27.0. The maximum absolute atomic E-state index is 8.54. The molecule has 0 saturated heterocycles. The van der Waals surface area contributed by atoms with Crippen molar-refractivity contribution in [3.05, 3.63) is 0 Å². The topological polar surface area (TPSA) is 23.8 Å². The average Bonchev–Trinajstić information content (AvgIpc) is 2.91. The summed E-state index contributed by atoms with van der Waals surface area (Å²) in [5, 5.41) is 8.54. The SMILES string of the molecule is CCCCCCCCCCCCC(C)CCCC(C)CCCCCCCCCCCCCCCCCC#N. The van der Waals surface area contributed by atoms with Crippen LogP contribution in [0.4, 0.5) is 0 Å². The van der Waals surface area contributed by atoms with Gasteiger partial charge in [-0.1, -0.05) is 207 Å². The van der Waals surface area contributed by atoms with Crippen LogP contribution in [0.1, 0.15) is 220 Å². The van der Waals surface area contributed by atoms with Gasteiger partial charge in [-0.25, -0.2) is 0 Å². The largest absolute Gasteiger partial charge is 0.198 e. The summed E-state index contributed by atoms with van der Waals surface area (Å²) in [5.41, 5.74) is 0. The van der Waals surface area contributed by atoms with E-state index in [9.17, 15) is 0 Å². The molecular formula is C37H73N. The highest BCUT2D eigenvalue weighted by molar-refractivity contribution is 4.67. The molecule has 0 bridgehead atoms. The van der Waals surface area contributed by atoms with Gasteiger partial charge in [-0.3, -0.25) is 0 Å². The molecule has 0 aliphatic rings. The maximum atomic E-state index is 8.54. The predicted molar refractivity (Wildman–Crippen MR) is 173 cm³/mol. The van der Waals surface area contributed by atoms with Crippen molar-refractivity contribution in [2.45, 2.75) is 220 Å². The van der Waals surface area contributed by atoms with E-state index in [1.165, 1.54) is 186 Å². The maximum Gasteiger partial charge on any atom is 0.0621 e. The summed E-state index contributed by atoms with van der Waals surface area (Å²) in [6.07, 6.45) is 43.7. The van der Waals surface area contributed by atoms with E-state index in [0.29, 0.717) is 0 Å². The molecule has 0 rings (SSSR count). The van der Waals surface area contributed by atoms with Crippen molar-refractivity contribution in [1.82, 2.24) is 0 Å². The molecule has 2 atom stereocenters. The summed E-state index contributed by atoms with van der Waals surface area (Å²) in [4.78, 5) is 0. The van der Waals surface area contributed by atoms with Gasteiger partial charge in [-0.2, -0.15) is 5.26 Å². The molecule has 0 spiro atoms. The molecule has 1 heteroatoms. The van der Waals surface area contributed by atoms with Crippen molar-refractivity contribution in [3.8, 4) is 6.07 Å². The van der Waals surface area contributed by atoms with Gasteiger partial charge < -0.3 is 0 Å². The third-order valence-corrected chi connectivity index (χ3v) is 8.93. The molecule has 0 N–H and O–H groups in total. The Morgan fingerprint density at radius 2 is 0.632 bits per heavy atom. The van der Waals surface area contributed by atoms with Crippen LogP contribution in [0.15, 0.2) is 0 Å². The molecule has 0 aliphatic heterocycles. The minimum atomic E-state index is 0.748. The summed E-state index contributed by atoms with van der Waals surface area (Å²) in [7, 11) is 0. The fourth-order valence-corrected chi connectivity index (χ4v) is 6.08. The van der Waals surface area contributed by atoms with Crippen LogP contribution in [0.3, 0.4) is 0 Å². The van der Waals surface area contributed by atoms with Crippen LogP contribution in [-0.4, -0.2) is 0 Å². The molecular weight excluding hydrogens is 458 g/mol. The second-order valence-electron chi connectivity index (χ2n) is 13.1. The molecule has 38 heavy (non-hydrogen) atoms. The van der Waals surface area contributed by atoms with E-state index >= 15 is 0 Å². The Balaban J connectivity index is 3.25. The smallest absolute Gasteiger partial charge is 0.0621 e. The van der Waals surface area contributed by atoms with Gasteiger partial charge in [-0.15, -0.1) is 0 Å². The Morgan fingerprint density at radius 3 is 0.947 bits per heavy atom. The zero-order valence-corrected chi connectivity index (χ0v) is 27.0. The predicted octanol–water partition coefficient (Wildman–Crippen LogP) is 13.9. The number of unbranched alkanes of at least 4 members (excludes halogenated alkanes) is 24. The number of hydrogen-bond acceptors (Lipinski definition) is 1. The Bertz CT molecular complexity index is 464. The van der Waals surface area contributed by atoms with Crippen LogP contribution in [0.2, 0.25) is 0 Å². The summed E-state index contributed by atoms with van der Waals surface area (Å²) < 4.78 is 0. The quantitative estimate of drug-likeness (QED) is 0.0791. The minimum absolute atomic E-state index is 0.748. The first kappa shape index (κ1) is 37.5. The molecule has 2 unspecified atom stereocenters. The monoisotopic (exact) mass is 532 g/mol. The summed E-state index contributed by atoms with van der Waals surface area (Å²) in [5.74, 6) is 1.89. The van der Waals surface area contributed by atoms with Crippen LogP contribution in [0.5, 0.6) is 0 Å². The van der Waals surface area contributed by atoms with E-state index in [4.69, 9.17) is 5.26 Å². The van der Waals surface area contributed by atoms with Crippen molar-refractivity contribution >= 4 is 0 Å². The summed E-state index contributed by atoms with van der Waals surface area (Å²) in [6, 6.07) is 2.24. The van der Waals surface area contributed by atoms with Gasteiger partial charge in [0.25, 0.3) is 0 Å². The molecule has 226 valence electrons. The molecule has 1 nitrogen and oxygen atoms in total. The van der Waals surface area contributed by atoms with Gasteiger partial charge in [0, 0.05) is 6.42 Å². The highest BCUT2D eigenvalue weighted by Crippen LogP contribution is 2.22. The molecule has 0 radical (unpaired) electrons. The molecule has 0 amide bonds. The number of rotatable bonds is 32. The van der Waals surface area contributed by atoms with Crippen LogP contribution in [-0.2, 0) is 0 Å². The second-order valence-corrected chi connectivity index (χ2v) is 13.1. The number of nitrogens with zero attached hydrogens (tertiary/aromatic N) is 1. The molecule has 0 aromatic rings. The van der Waals surface area contributed by atoms with Gasteiger partial charge in [0.2, 0.25) is 0 Å². The average molecular weight is 532 g/mol. The van der Waals surface area contributed by atoms with Crippen molar-refractivity contribution in [3.63, 3.8) is 0 Å². The lowest BCUT2D eigenvalue weighted by Gasteiger charge is -2.14. The fraction of sp³-hybridized carbons (Fsp3) is 0.973. The summed E-state index contributed by atoms with van der Waals surface area (Å²) >= 11 is 0. The van der Waals surface area contributed by atoms with E-state index in [-0.39, 0.29) is 0 Å². The van der Waals surface area contributed by atoms with E-state index in [2.05, 4.69) is 26.8 Å². The van der Waals surface area contributed by atoms with Gasteiger partial charge in [-0.05, 0) is 18.3 Å². The lowest BCUT2D eigenvalue weighted by Crippen LogP contribution is -1.99. The Labute approximate surface area is 242 Å². The van der Waals surface area contributed by atoms with E-state index in [0.717, 1.165) is 24.7 Å². The summed E-state index contributed by atoms with van der Waals surface area (Å²) in [6.45, 7) is 7.31. The molecule has 0 fully saturated rings. The number of hydrogen-bond donors (Lipinski definition) is 0. The molecule has 0 aliphatic carbocycles. The Morgan fingerprint density at radius 1 is 0.368 bits per heavy atom. The third kappa shape index (κ3) is 31.7. The Hall–Kier alpha value is -0.510. The van der Waals surface area contributed by atoms with Crippen molar-refractivity contribution in [2.24, 2.45) is 11.8 Å². The van der Waals surface area contributed by atoms with Gasteiger partial charge in [0.15, 0.2) is 0 Å². The second kappa shape index (κ2) is 32.7. The van der Waals surface area contributed by atoms with Gasteiger partial charge >= 0.3 is 0 Å². The molecule has 0 saturated carbocycles. The lowest BCUT2D eigenvalue weighted by molar-refractivity contribution is 0.390. The first-order valence-electron chi connectivity index (χ1n) is 18.1. The zero-order chi connectivity index (χ0) is 27.8. The molecule has 0 aromatic carbocycles. The lowest BCUT2D eigenvalue weighted by atomic mass is 9.92. The van der Waals surface area contributed by atoms with Crippen LogP contribution >= 0.6 is 0 Å². The Kier molecular flexibility index (Phi) is 32.3. The van der Waals surface area contributed by atoms with Gasteiger partial charge in [0.05, 0.1) is 6.07 Å². The standard InChI is InChI=1S/C37H73N/c1-4-5-6-7-8-9-18-21-24-27-31-36(2)33-30-34-37(3)32-28-25-22-19-16-14-12-10-11-13-15-17-20-23-26-29-35-38/h36-37H,4-34H2,1-3H3. The normalized spacial score (nSPS) is 13.0. The highest BCUT2D eigenvalue weighted by atomic mass is 14.2. The van der Waals surface area contributed by atoms with Gasteiger partial charge in [0.1, 0.15) is 0 Å².